The average Bonchev–Trinajstić information content (AvgIpc) is 2.89. The number of anilines is 1. The Hall–Kier alpha value is -1.69. The summed E-state index contributed by atoms with van der Waals surface area (Å²) in [5.74, 6) is -0.201. The van der Waals surface area contributed by atoms with Crippen LogP contribution in [0.4, 0.5) is 18.9 Å². The number of alkyl halides is 3. The van der Waals surface area contributed by atoms with Crippen LogP contribution in [0.15, 0.2) is 35.7 Å². The van der Waals surface area contributed by atoms with Crippen LogP contribution in [0.2, 0.25) is 0 Å². The second-order valence-corrected chi connectivity index (χ2v) is 5.96. The van der Waals surface area contributed by atoms with Crippen LogP contribution in [0.25, 0.3) is 0 Å². The first-order chi connectivity index (χ1) is 10.0. The Kier molecular flexibility index (Phi) is 3.80. The van der Waals surface area contributed by atoms with E-state index in [1.165, 1.54) is 22.6 Å². The van der Waals surface area contributed by atoms with Gasteiger partial charge in [-0.15, -0.1) is 24.5 Å². The molecule has 0 amide bonds. The van der Waals surface area contributed by atoms with Gasteiger partial charge in [-0.2, -0.15) is 0 Å². The van der Waals surface area contributed by atoms with Crippen LogP contribution in [-0.2, 0) is 6.42 Å². The van der Waals surface area contributed by atoms with E-state index in [2.05, 4.69) is 21.5 Å². The Morgan fingerprint density at radius 2 is 1.90 bits per heavy atom. The molecule has 1 unspecified atom stereocenters. The lowest BCUT2D eigenvalue weighted by Crippen LogP contribution is -2.17. The van der Waals surface area contributed by atoms with Crippen molar-refractivity contribution in [2.24, 2.45) is 0 Å². The third-order valence-electron chi connectivity index (χ3n) is 3.48. The zero-order valence-corrected chi connectivity index (χ0v) is 11.9. The van der Waals surface area contributed by atoms with Gasteiger partial charge in [0.15, 0.2) is 0 Å². The fourth-order valence-electron chi connectivity index (χ4n) is 2.59. The molecule has 1 aliphatic rings. The molecule has 1 aliphatic carbocycles. The summed E-state index contributed by atoms with van der Waals surface area (Å²) >= 11 is 1.76. The normalized spacial score (nSPS) is 18.1. The third kappa shape index (κ3) is 3.50. The zero-order chi connectivity index (χ0) is 14.9. The number of ether oxygens (including phenoxy) is 1. The van der Waals surface area contributed by atoms with Gasteiger partial charge in [0.25, 0.3) is 0 Å². The molecule has 0 aliphatic heterocycles. The van der Waals surface area contributed by atoms with Crippen molar-refractivity contribution in [1.82, 2.24) is 0 Å². The summed E-state index contributed by atoms with van der Waals surface area (Å²) in [5.41, 5.74) is 2.11. The maximum Gasteiger partial charge on any atom is 0.573 e. The Morgan fingerprint density at radius 3 is 2.62 bits per heavy atom. The van der Waals surface area contributed by atoms with E-state index < -0.39 is 6.36 Å². The molecule has 1 aromatic carbocycles. The lowest BCUT2D eigenvalue weighted by atomic mass is 9.94. The van der Waals surface area contributed by atoms with E-state index in [1.54, 1.807) is 23.5 Å². The smallest absolute Gasteiger partial charge is 0.406 e. The number of rotatable bonds is 3. The van der Waals surface area contributed by atoms with Crippen LogP contribution in [0.3, 0.4) is 0 Å². The molecule has 112 valence electrons. The van der Waals surface area contributed by atoms with Crippen molar-refractivity contribution in [3.8, 4) is 5.75 Å². The second-order valence-electron chi connectivity index (χ2n) is 4.96. The van der Waals surface area contributed by atoms with E-state index in [-0.39, 0.29) is 11.8 Å². The van der Waals surface area contributed by atoms with Gasteiger partial charge >= 0.3 is 6.36 Å². The van der Waals surface area contributed by atoms with Crippen molar-refractivity contribution in [2.45, 2.75) is 31.7 Å². The van der Waals surface area contributed by atoms with Crippen LogP contribution < -0.4 is 10.1 Å². The van der Waals surface area contributed by atoms with Crippen molar-refractivity contribution < 1.29 is 17.9 Å². The summed E-state index contributed by atoms with van der Waals surface area (Å²) in [4.78, 5) is 1.40. The van der Waals surface area contributed by atoms with Gasteiger partial charge in [0.1, 0.15) is 5.75 Å². The van der Waals surface area contributed by atoms with Gasteiger partial charge in [-0.3, -0.25) is 0 Å². The first kappa shape index (κ1) is 14.3. The van der Waals surface area contributed by atoms with Crippen molar-refractivity contribution in [3.05, 3.63) is 46.2 Å². The van der Waals surface area contributed by atoms with Gasteiger partial charge in [0.05, 0.1) is 6.04 Å². The molecule has 2 nitrogen and oxygen atoms in total. The van der Waals surface area contributed by atoms with Gasteiger partial charge < -0.3 is 10.1 Å². The van der Waals surface area contributed by atoms with Crippen LogP contribution in [0.5, 0.6) is 5.75 Å². The van der Waals surface area contributed by atoms with Crippen LogP contribution in [0.1, 0.15) is 29.3 Å². The third-order valence-corrected chi connectivity index (χ3v) is 4.48. The Labute approximate surface area is 124 Å². The maximum absolute atomic E-state index is 12.1. The highest BCUT2D eigenvalue weighted by Gasteiger charge is 2.31. The minimum Gasteiger partial charge on any atom is -0.406 e. The first-order valence-electron chi connectivity index (χ1n) is 6.70. The van der Waals surface area contributed by atoms with E-state index in [0.29, 0.717) is 0 Å². The molecule has 1 heterocycles. The molecule has 0 bridgehead atoms. The number of halogens is 3. The summed E-state index contributed by atoms with van der Waals surface area (Å²) < 4.78 is 40.2. The summed E-state index contributed by atoms with van der Waals surface area (Å²) in [6, 6.07) is 8.23. The molecular weight excluding hydrogens is 299 g/mol. The molecule has 1 atom stereocenters. The Bertz CT molecular complexity index is 606. The summed E-state index contributed by atoms with van der Waals surface area (Å²) in [5, 5.41) is 5.47. The van der Waals surface area contributed by atoms with Gasteiger partial charge in [-0.1, -0.05) is 0 Å². The van der Waals surface area contributed by atoms with Crippen molar-refractivity contribution in [3.63, 3.8) is 0 Å². The number of benzene rings is 1. The van der Waals surface area contributed by atoms with Crippen molar-refractivity contribution >= 4 is 17.0 Å². The van der Waals surface area contributed by atoms with Crippen molar-refractivity contribution in [2.75, 3.05) is 5.32 Å². The van der Waals surface area contributed by atoms with E-state index in [9.17, 15) is 13.2 Å². The number of thiophene rings is 1. The lowest BCUT2D eigenvalue weighted by Gasteiger charge is -2.24. The quantitative estimate of drug-likeness (QED) is 0.847. The second kappa shape index (κ2) is 5.60. The summed E-state index contributed by atoms with van der Waals surface area (Å²) in [6.45, 7) is 0. The average molecular weight is 313 g/mol. The molecule has 21 heavy (non-hydrogen) atoms. The number of fused-ring (bicyclic) bond motifs is 1. The van der Waals surface area contributed by atoms with E-state index in [4.69, 9.17) is 0 Å². The van der Waals surface area contributed by atoms with Gasteiger partial charge in [0.2, 0.25) is 0 Å². The van der Waals surface area contributed by atoms with Crippen LogP contribution in [0, 0.1) is 0 Å². The SMILES string of the molecule is FC(F)(F)Oc1ccc(NC2CCCc3sccc32)cc1. The van der Waals surface area contributed by atoms with Crippen LogP contribution in [-0.4, -0.2) is 6.36 Å². The predicted octanol–water partition coefficient (Wildman–Crippen LogP) is 5.14. The molecule has 3 rings (SSSR count). The van der Waals surface area contributed by atoms with E-state index in [0.717, 1.165) is 24.9 Å². The van der Waals surface area contributed by atoms with E-state index in [1.807, 2.05) is 0 Å². The number of aryl methyl sites for hydroxylation is 1. The molecule has 0 fully saturated rings. The molecule has 2 aromatic rings. The minimum atomic E-state index is -4.65. The molecule has 0 saturated heterocycles. The highest BCUT2D eigenvalue weighted by molar-refractivity contribution is 7.10. The fourth-order valence-corrected chi connectivity index (χ4v) is 3.58. The van der Waals surface area contributed by atoms with Crippen molar-refractivity contribution in [1.29, 1.82) is 0 Å². The fraction of sp³-hybridized carbons (Fsp3) is 0.333. The predicted molar refractivity (Wildman–Crippen MR) is 76.7 cm³/mol. The van der Waals surface area contributed by atoms with Crippen LogP contribution >= 0.6 is 11.3 Å². The van der Waals surface area contributed by atoms with Gasteiger partial charge in [0, 0.05) is 10.6 Å². The number of nitrogens with one attached hydrogen (secondary N) is 1. The standard InChI is InChI=1S/C15H14F3NOS/c16-15(17,18)20-11-6-4-10(5-7-11)19-13-2-1-3-14-12(13)8-9-21-14/h4-9,13,19H,1-3H2. The first-order valence-corrected chi connectivity index (χ1v) is 7.58. The Morgan fingerprint density at radius 1 is 1.14 bits per heavy atom. The molecule has 1 N–H and O–H groups in total. The molecule has 1 aromatic heterocycles. The Balaban J connectivity index is 1.69. The zero-order valence-electron chi connectivity index (χ0n) is 11.1. The van der Waals surface area contributed by atoms with Gasteiger partial charge in [-0.05, 0) is 60.5 Å². The monoisotopic (exact) mass is 313 g/mol. The summed E-state index contributed by atoms with van der Waals surface area (Å²) in [6.07, 6.45) is -1.38. The minimum absolute atomic E-state index is 0.201. The molecule has 6 heteroatoms. The topological polar surface area (TPSA) is 21.3 Å². The summed E-state index contributed by atoms with van der Waals surface area (Å²) in [7, 11) is 0. The molecule has 0 saturated carbocycles. The number of hydrogen-bond acceptors (Lipinski definition) is 3. The van der Waals surface area contributed by atoms with E-state index >= 15 is 0 Å². The van der Waals surface area contributed by atoms with Gasteiger partial charge in [-0.25, -0.2) is 0 Å². The lowest BCUT2D eigenvalue weighted by molar-refractivity contribution is -0.274. The molecular formula is C15H14F3NOS. The maximum atomic E-state index is 12.1. The highest BCUT2D eigenvalue weighted by Crippen LogP contribution is 2.35. The largest absolute Gasteiger partial charge is 0.573 e. The highest BCUT2D eigenvalue weighted by atomic mass is 32.1. The molecule has 0 radical (unpaired) electrons. The number of hydrogen-bond donors (Lipinski definition) is 1. The molecule has 0 spiro atoms.